The van der Waals surface area contributed by atoms with Crippen LogP contribution in [0.4, 0.5) is 5.69 Å². The van der Waals surface area contributed by atoms with Gasteiger partial charge in [0.05, 0.1) is 5.54 Å². The number of nitrogens with one attached hydrogen (secondary N) is 1. The van der Waals surface area contributed by atoms with Gasteiger partial charge in [-0.2, -0.15) is 0 Å². The number of carbonyl (C=O) groups is 1. The number of thiazole rings is 1. The predicted molar refractivity (Wildman–Crippen MR) is 102 cm³/mol. The Bertz CT molecular complexity index is 644. The first-order valence-electron chi connectivity index (χ1n) is 6.96. The minimum Gasteiger partial charge on any atom is -0.399 e. The van der Waals surface area contributed by atoms with Crippen LogP contribution in [0.1, 0.15) is 35.7 Å². The van der Waals surface area contributed by atoms with Crippen LogP contribution >= 0.6 is 36.2 Å². The number of hydrogen-bond acceptors (Lipinski definition) is 4. The number of rotatable bonds is 5. The minimum absolute atomic E-state index is 0. The van der Waals surface area contributed by atoms with E-state index in [9.17, 15) is 4.79 Å². The second-order valence-corrected chi connectivity index (χ2v) is 6.88. The molecule has 0 aliphatic rings. The van der Waals surface area contributed by atoms with Crippen LogP contribution < -0.4 is 11.1 Å². The quantitative estimate of drug-likeness (QED) is 0.779. The summed E-state index contributed by atoms with van der Waals surface area (Å²) in [5.41, 5.74) is 7.19. The third-order valence-electron chi connectivity index (χ3n) is 3.28. The summed E-state index contributed by atoms with van der Waals surface area (Å²) in [5.74, 6) is 0.0103. The first kappa shape index (κ1) is 21.7. The molecule has 1 aromatic carbocycles. The van der Waals surface area contributed by atoms with Gasteiger partial charge in [0.15, 0.2) is 0 Å². The molecule has 23 heavy (non-hydrogen) atoms. The molecule has 7 heteroatoms. The van der Waals surface area contributed by atoms with Crippen LogP contribution in [0.15, 0.2) is 30.5 Å². The van der Waals surface area contributed by atoms with Crippen LogP contribution in [0, 0.1) is 6.92 Å². The summed E-state index contributed by atoms with van der Waals surface area (Å²) in [6.45, 7) is 5.96. The number of halogens is 2. The number of anilines is 1. The largest absolute Gasteiger partial charge is 0.399 e. The van der Waals surface area contributed by atoms with Crippen molar-refractivity contribution in [3.05, 3.63) is 45.9 Å². The van der Waals surface area contributed by atoms with E-state index in [-0.39, 0.29) is 30.7 Å². The van der Waals surface area contributed by atoms with Gasteiger partial charge in [0, 0.05) is 23.2 Å². The lowest BCUT2D eigenvalue weighted by molar-refractivity contribution is -0.122. The highest BCUT2D eigenvalue weighted by molar-refractivity contribution is 7.11. The summed E-state index contributed by atoms with van der Waals surface area (Å²) in [6.07, 6.45) is 2.89. The SMILES string of the molecule is Cc1cnc(C(C)(C)NC(=O)CCc2ccccc2N)s1.Cl.Cl. The number of aromatic nitrogens is 1. The summed E-state index contributed by atoms with van der Waals surface area (Å²) in [6, 6.07) is 7.64. The van der Waals surface area contributed by atoms with Crippen LogP contribution in [-0.4, -0.2) is 10.9 Å². The molecule has 0 atom stereocenters. The Balaban J connectivity index is 0.00000242. The van der Waals surface area contributed by atoms with Crippen molar-refractivity contribution in [1.82, 2.24) is 10.3 Å². The first-order chi connectivity index (χ1) is 9.88. The molecule has 4 nitrogen and oxygen atoms in total. The highest BCUT2D eigenvalue weighted by Crippen LogP contribution is 2.25. The normalized spacial score (nSPS) is 10.4. The third-order valence-corrected chi connectivity index (χ3v) is 4.52. The van der Waals surface area contributed by atoms with Crippen molar-refractivity contribution in [2.75, 3.05) is 5.73 Å². The second-order valence-electron chi connectivity index (χ2n) is 5.65. The van der Waals surface area contributed by atoms with Gasteiger partial charge in [-0.25, -0.2) is 4.98 Å². The molecule has 2 aromatic rings. The highest BCUT2D eigenvalue weighted by atomic mass is 35.5. The molecular weight excluding hydrogens is 353 g/mol. The molecule has 1 aromatic heterocycles. The molecule has 1 amide bonds. The van der Waals surface area contributed by atoms with E-state index in [1.807, 2.05) is 51.2 Å². The van der Waals surface area contributed by atoms with E-state index in [0.29, 0.717) is 12.8 Å². The van der Waals surface area contributed by atoms with Crippen LogP contribution in [0.25, 0.3) is 0 Å². The number of para-hydroxylation sites is 1. The monoisotopic (exact) mass is 375 g/mol. The van der Waals surface area contributed by atoms with Gasteiger partial charge >= 0.3 is 0 Å². The molecule has 0 spiro atoms. The smallest absolute Gasteiger partial charge is 0.221 e. The Morgan fingerprint density at radius 2 is 1.96 bits per heavy atom. The van der Waals surface area contributed by atoms with Gasteiger partial charge in [0.1, 0.15) is 5.01 Å². The number of nitrogens with zero attached hydrogens (tertiary/aromatic N) is 1. The van der Waals surface area contributed by atoms with Gasteiger partial charge < -0.3 is 11.1 Å². The molecule has 0 aliphatic carbocycles. The average molecular weight is 376 g/mol. The number of nitrogens with two attached hydrogens (primary N) is 1. The van der Waals surface area contributed by atoms with Gasteiger partial charge in [0.2, 0.25) is 5.91 Å². The van der Waals surface area contributed by atoms with Crippen molar-refractivity contribution in [2.24, 2.45) is 0 Å². The fourth-order valence-electron chi connectivity index (χ4n) is 2.12. The maximum absolute atomic E-state index is 12.1. The summed E-state index contributed by atoms with van der Waals surface area (Å²) < 4.78 is 0. The van der Waals surface area contributed by atoms with E-state index in [2.05, 4.69) is 10.3 Å². The second kappa shape index (κ2) is 9.11. The standard InChI is InChI=1S/C16H21N3OS.2ClH/c1-11-10-18-15(21-11)16(2,3)19-14(20)9-8-12-6-4-5-7-13(12)17;;/h4-7,10H,8-9,17H2,1-3H3,(H,19,20);2*1H. The van der Waals surface area contributed by atoms with Crippen LogP contribution in [0.3, 0.4) is 0 Å². The van der Waals surface area contributed by atoms with Crippen molar-refractivity contribution < 1.29 is 4.79 Å². The molecule has 0 saturated carbocycles. The third kappa shape index (κ3) is 6.01. The van der Waals surface area contributed by atoms with E-state index in [1.54, 1.807) is 11.3 Å². The van der Waals surface area contributed by atoms with E-state index in [4.69, 9.17) is 5.73 Å². The predicted octanol–water partition coefficient (Wildman–Crippen LogP) is 3.86. The van der Waals surface area contributed by atoms with Gasteiger partial charge in [-0.15, -0.1) is 36.2 Å². The highest BCUT2D eigenvalue weighted by Gasteiger charge is 2.25. The summed E-state index contributed by atoms with van der Waals surface area (Å²) in [4.78, 5) is 17.6. The van der Waals surface area contributed by atoms with Crippen LogP contribution in [0.5, 0.6) is 0 Å². The topological polar surface area (TPSA) is 68.0 Å². The zero-order valence-corrected chi connectivity index (χ0v) is 15.9. The Labute approximate surface area is 153 Å². The van der Waals surface area contributed by atoms with Gasteiger partial charge in [-0.3, -0.25) is 4.79 Å². The van der Waals surface area contributed by atoms with Crippen molar-refractivity contribution in [3.8, 4) is 0 Å². The van der Waals surface area contributed by atoms with E-state index >= 15 is 0 Å². The lowest BCUT2D eigenvalue weighted by atomic mass is 10.0. The molecule has 0 unspecified atom stereocenters. The summed E-state index contributed by atoms with van der Waals surface area (Å²) in [7, 11) is 0. The van der Waals surface area contributed by atoms with Gasteiger partial charge in [-0.05, 0) is 38.8 Å². The Hall–Kier alpha value is -1.30. The Kier molecular flexibility index (Phi) is 8.59. The molecule has 3 N–H and O–H groups in total. The molecule has 0 saturated heterocycles. The number of carbonyl (C=O) groups excluding carboxylic acids is 1. The van der Waals surface area contributed by atoms with Gasteiger partial charge in [-0.1, -0.05) is 18.2 Å². The molecule has 0 aliphatic heterocycles. The molecule has 0 radical (unpaired) electrons. The fraction of sp³-hybridized carbons (Fsp3) is 0.375. The van der Waals surface area contributed by atoms with Crippen molar-refractivity contribution in [2.45, 2.75) is 39.2 Å². The lowest BCUT2D eigenvalue weighted by Crippen LogP contribution is -2.41. The van der Waals surface area contributed by atoms with E-state index in [1.165, 1.54) is 0 Å². The number of nitrogen functional groups attached to an aromatic ring is 1. The molecule has 0 fully saturated rings. The van der Waals surface area contributed by atoms with Gasteiger partial charge in [0.25, 0.3) is 0 Å². The van der Waals surface area contributed by atoms with Crippen molar-refractivity contribution >= 4 is 47.7 Å². The summed E-state index contributed by atoms with van der Waals surface area (Å²) >= 11 is 1.61. The summed E-state index contributed by atoms with van der Waals surface area (Å²) in [5, 5.41) is 3.97. The number of aryl methyl sites for hydroxylation is 2. The lowest BCUT2D eigenvalue weighted by Gasteiger charge is -2.24. The van der Waals surface area contributed by atoms with Crippen molar-refractivity contribution in [3.63, 3.8) is 0 Å². The zero-order valence-electron chi connectivity index (χ0n) is 13.5. The van der Waals surface area contributed by atoms with E-state index in [0.717, 1.165) is 21.1 Å². The molecule has 128 valence electrons. The average Bonchev–Trinajstić information content (AvgIpc) is 2.85. The van der Waals surface area contributed by atoms with Crippen LogP contribution in [-0.2, 0) is 16.8 Å². The molecule has 0 bridgehead atoms. The molecular formula is C16H23Cl2N3OS. The number of amides is 1. The Morgan fingerprint density at radius 3 is 2.52 bits per heavy atom. The first-order valence-corrected chi connectivity index (χ1v) is 7.77. The van der Waals surface area contributed by atoms with Crippen molar-refractivity contribution in [1.29, 1.82) is 0 Å². The Morgan fingerprint density at radius 1 is 1.30 bits per heavy atom. The molecule has 1 heterocycles. The number of hydrogen-bond donors (Lipinski definition) is 2. The zero-order chi connectivity index (χ0) is 15.5. The minimum atomic E-state index is -0.446. The molecule has 2 rings (SSSR count). The number of benzene rings is 1. The van der Waals surface area contributed by atoms with E-state index < -0.39 is 5.54 Å². The van der Waals surface area contributed by atoms with Crippen LogP contribution in [0.2, 0.25) is 0 Å². The maximum Gasteiger partial charge on any atom is 0.221 e. The fourth-order valence-corrected chi connectivity index (χ4v) is 2.94. The maximum atomic E-state index is 12.1.